The zero-order valence-electron chi connectivity index (χ0n) is 16.1. The standard InChI is InChI=1S/C22H28N2O3/c1-3-4-10-16-24(18(2)25)17-15-22(26)23-20-13-8-9-14-21(20)27-19-11-6-5-7-12-19/h5-9,11-14H,3-4,10,15-17H2,1-2H3,(H,23,26). The van der Waals surface area contributed by atoms with Crippen LogP contribution in [0.25, 0.3) is 0 Å². The van der Waals surface area contributed by atoms with Crippen molar-refractivity contribution in [3.05, 3.63) is 54.6 Å². The molecule has 0 unspecified atom stereocenters. The minimum atomic E-state index is -0.138. The van der Waals surface area contributed by atoms with Crippen molar-refractivity contribution in [2.45, 2.75) is 39.5 Å². The van der Waals surface area contributed by atoms with Crippen LogP contribution in [0, 0.1) is 0 Å². The molecule has 0 aliphatic heterocycles. The molecule has 1 N–H and O–H groups in total. The van der Waals surface area contributed by atoms with E-state index >= 15 is 0 Å². The summed E-state index contributed by atoms with van der Waals surface area (Å²) in [5.74, 6) is 1.16. The first kappa shape index (κ1) is 20.5. The van der Waals surface area contributed by atoms with Crippen LogP contribution in [0.3, 0.4) is 0 Å². The predicted octanol–water partition coefficient (Wildman–Crippen LogP) is 4.85. The fraction of sp³-hybridized carbons (Fsp3) is 0.364. The summed E-state index contributed by atoms with van der Waals surface area (Å²) in [7, 11) is 0. The number of unbranched alkanes of at least 4 members (excludes halogenated alkanes) is 2. The number of anilines is 1. The molecule has 2 rings (SSSR count). The topological polar surface area (TPSA) is 58.6 Å². The van der Waals surface area contributed by atoms with Crippen LogP contribution in [0.15, 0.2) is 54.6 Å². The number of hydrogen-bond acceptors (Lipinski definition) is 3. The van der Waals surface area contributed by atoms with Gasteiger partial charge < -0.3 is 15.0 Å². The highest BCUT2D eigenvalue weighted by atomic mass is 16.5. The van der Waals surface area contributed by atoms with Gasteiger partial charge in [0.05, 0.1) is 5.69 Å². The summed E-state index contributed by atoms with van der Waals surface area (Å²) in [6.07, 6.45) is 3.40. The van der Waals surface area contributed by atoms with Crippen molar-refractivity contribution < 1.29 is 14.3 Å². The van der Waals surface area contributed by atoms with Crippen LogP contribution in [-0.2, 0) is 9.59 Å². The number of carbonyl (C=O) groups excluding carboxylic acids is 2. The Labute approximate surface area is 161 Å². The number of carbonyl (C=O) groups is 2. The minimum Gasteiger partial charge on any atom is -0.455 e. The molecule has 0 saturated heterocycles. The second-order valence-electron chi connectivity index (χ2n) is 6.42. The lowest BCUT2D eigenvalue weighted by atomic mass is 10.2. The molecule has 0 atom stereocenters. The maximum atomic E-state index is 12.4. The number of nitrogens with zero attached hydrogens (tertiary/aromatic N) is 1. The van der Waals surface area contributed by atoms with E-state index in [2.05, 4.69) is 12.2 Å². The van der Waals surface area contributed by atoms with Crippen molar-refractivity contribution in [3.63, 3.8) is 0 Å². The minimum absolute atomic E-state index is 0.00622. The highest BCUT2D eigenvalue weighted by Gasteiger charge is 2.13. The zero-order valence-corrected chi connectivity index (χ0v) is 16.1. The van der Waals surface area contributed by atoms with E-state index in [-0.39, 0.29) is 18.2 Å². The number of para-hydroxylation sites is 3. The lowest BCUT2D eigenvalue weighted by Crippen LogP contribution is -2.32. The van der Waals surface area contributed by atoms with E-state index in [4.69, 9.17) is 4.74 Å². The lowest BCUT2D eigenvalue weighted by Gasteiger charge is -2.21. The molecule has 0 aliphatic carbocycles. The normalized spacial score (nSPS) is 10.3. The number of rotatable bonds is 10. The summed E-state index contributed by atoms with van der Waals surface area (Å²) in [6, 6.07) is 16.8. The molecule has 5 heteroatoms. The van der Waals surface area contributed by atoms with E-state index in [0.29, 0.717) is 30.3 Å². The Balaban J connectivity index is 1.92. The molecular formula is C22H28N2O3. The molecule has 2 aromatic rings. The Morgan fingerprint density at radius 2 is 1.67 bits per heavy atom. The van der Waals surface area contributed by atoms with Gasteiger partial charge in [0.15, 0.2) is 5.75 Å². The largest absolute Gasteiger partial charge is 0.455 e. The van der Waals surface area contributed by atoms with Gasteiger partial charge in [0.1, 0.15) is 5.75 Å². The molecule has 2 aromatic carbocycles. The zero-order chi connectivity index (χ0) is 19.5. The SMILES string of the molecule is CCCCCN(CCC(=O)Nc1ccccc1Oc1ccccc1)C(C)=O. The first-order valence-electron chi connectivity index (χ1n) is 9.47. The van der Waals surface area contributed by atoms with E-state index in [0.717, 1.165) is 19.3 Å². The van der Waals surface area contributed by atoms with Crippen molar-refractivity contribution >= 4 is 17.5 Å². The third-order valence-electron chi connectivity index (χ3n) is 4.22. The molecule has 0 fully saturated rings. The molecule has 27 heavy (non-hydrogen) atoms. The van der Waals surface area contributed by atoms with Gasteiger partial charge in [-0.15, -0.1) is 0 Å². The average Bonchev–Trinajstić information content (AvgIpc) is 2.66. The van der Waals surface area contributed by atoms with Crippen LogP contribution >= 0.6 is 0 Å². The number of benzene rings is 2. The maximum Gasteiger partial charge on any atom is 0.226 e. The Morgan fingerprint density at radius 3 is 2.37 bits per heavy atom. The van der Waals surface area contributed by atoms with Crippen LogP contribution in [0.1, 0.15) is 39.5 Å². The van der Waals surface area contributed by atoms with Crippen molar-refractivity contribution in [3.8, 4) is 11.5 Å². The highest BCUT2D eigenvalue weighted by Crippen LogP contribution is 2.29. The molecule has 0 aromatic heterocycles. The van der Waals surface area contributed by atoms with Crippen molar-refractivity contribution in [2.24, 2.45) is 0 Å². The third-order valence-corrected chi connectivity index (χ3v) is 4.22. The van der Waals surface area contributed by atoms with Crippen LogP contribution < -0.4 is 10.1 Å². The first-order valence-corrected chi connectivity index (χ1v) is 9.47. The lowest BCUT2D eigenvalue weighted by molar-refractivity contribution is -0.129. The molecule has 0 spiro atoms. The van der Waals surface area contributed by atoms with E-state index in [9.17, 15) is 9.59 Å². The average molecular weight is 368 g/mol. The monoisotopic (exact) mass is 368 g/mol. The van der Waals surface area contributed by atoms with Crippen molar-refractivity contribution in [1.29, 1.82) is 0 Å². The Morgan fingerprint density at radius 1 is 0.963 bits per heavy atom. The summed E-state index contributed by atoms with van der Waals surface area (Å²) in [6.45, 7) is 4.80. The maximum absolute atomic E-state index is 12.4. The molecule has 0 heterocycles. The van der Waals surface area contributed by atoms with Crippen LogP contribution in [0.5, 0.6) is 11.5 Å². The van der Waals surface area contributed by atoms with Gasteiger partial charge in [-0.05, 0) is 30.7 Å². The van der Waals surface area contributed by atoms with Gasteiger partial charge >= 0.3 is 0 Å². The number of hydrogen-bond donors (Lipinski definition) is 1. The van der Waals surface area contributed by atoms with Crippen LogP contribution in [0.4, 0.5) is 5.69 Å². The molecule has 0 bridgehead atoms. The van der Waals surface area contributed by atoms with Gasteiger partial charge in [0.2, 0.25) is 11.8 Å². The second kappa shape index (κ2) is 11.0. The van der Waals surface area contributed by atoms with E-state index in [1.807, 2.05) is 48.5 Å². The van der Waals surface area contributed by atoms with Gasteiger partial charge in [0.25, 0.3) is 0 Å². The Bertz CT molecular complexity index is 731. The quantitative estimate of drug-likeness (QED) is 0.610. The summed E-state index contributed by atoms with van der Waals surface area (Å²) in [5.41, 5.74) is 0.617. The second-order valence-corrected chi connectivity index (χ2v) is 6.42. The summed E-state index contributed by atoms with van der Waals surface area (Å²) >= 11 is 0. The number of amides is 2. The van der Waals surface area contributed by atoms with Crippen molar-refractivity contribution in [1.82, 2.24) is 4.90 Å². The molecule has 144 valence electrons. The summed E-state index contributed by atoms with van der Waals surface area (Å²) < 4.78 is 5.86. The van der Waals surface area contributed by atoms with Gasteiger partial charge in [-0.2, -0.15) is 0 Å². The van der Waals surface area contributed by atoms with Crippen molar-refractivity contribution in [2.75, 3.05) is 18.4 Å². The summed E-state index contributed by atoms with van der Waals surface area (Å²) in [4.78, 5) is 25.8. The summed E-state index contributed by atoms with van der Waals surface area (Å²) in [5, 5.41) is 2.89. The fourth-order valence-electron chi connectivity index (χ4n) is 2.70. The van der Waals surface area contributed by atoms with Gasteiger partial charge in [-0.1, -0.05) is 50.1 Å². The van der Waals surface area contributed by atoms with E-state index in [1.54, 1.807) is 17.9 Å². The van der Waals surface area contributed by atoms with Crippen LogP contribution in [0.2, 0.25) is 0 Å². The first-order chi connectivity index (χ1) is 13.1. The number of nitrogens with one attached hydrogen (secondary N) is 1. The Hall–Kier alpha value is -2.82. The van der Waals surface area contributed by atoms with Crippen LogP contribution in [-0.4, -0.2) is 29.8 Å². The number of ether oxygens (including phenoxy) is 1. The molecule has 0 saturated carbocycles. The molecule has 0 aliphatic rings. The van der Waals surface area contributed by atoms with E-state index in [1.165, 1.54) is 0 Å². The molecular weight excluding hydrogens is 340 g/mol. The smallest absolute Gasteiger partial charge is 0.226 e. The van der Waals surface area contributed by atoms with Gasteiger partial charge in [0, 0.05) is 26.4 Å². The predicted molar refractivity (Wildman–Crippen MR) is 108 cm³/mol. The molecule has 2 amide bonds. The van der Waals surface area contributed by atoms with Gasteiger partial charge in [-0.25, -0.2) is 0 Å². The van der Waals surface area contributed by atoms with E-state index < -0.39 is 0 Å². The Kier molecular flexibility index (Phi) is 8.36. The third kappa shape index (κ3) is 7.13. The molecule has 0 radical (unpaired) electrons. The van der Waals surface area contributed by atoms with Gasteiger partial charge in [-0.3, -0.25) is 9.59 Å². The highest BCUT2D eigenvalue weighted by molar-refractivity contribution is 5.92. The fourth-order valence-corrected chi connectivity index (χ4v) is 2.70. The molecule has 5 nitrogen and oxygen atoms in total.